The largest absolute Gasteiger partial charge is 0.468 e. The first-order valence-electron chi connectivity index (χ1n) is 6.99. The van der Waals surface area contributed by atoms with Gasteiger partial charge < -0.3 is 9.40 Å². The second-order valence-electron chi connectivity index (χ2n) is 5.39. The van der Waals surface area contributed by atoms with Gasteiger partial charge in [0.25, 0.3) is 5.56 Å². The summed E-state index contributed by atoms with van der Waals surface area (Å²) in [6.07, 6.45) is 1.58. The number of rotatable bonds is 4. The Labute approximate surface area is 126 Å². The number of nitrogens with zero attached hydrogens (tertiary/aromatic N) is 2. The van der Waals surface area contributed by atoms with Crippen molar-refractivity contribution >= 4 is 10.9 Å². The van der Waals surface area contributed by atoms with Gasteiger partial charge in [0.05, 0.1) is 29.8 Å². The zero-order chi connectivity index (χ0) is 15.7. The smallest absolute Gasteiger partial charge is 0.328 e. The summed E-state index contributed by atoms with van der Waals surface area (Å²) in [5.41, 5.74) is -0.159. The molecule has 1 atom stereocenters. The van der Waals surface area contributed by atoms with Crippen molar-refractivity contribution in [3.8, 4) is 0 Å². The number of H-pyrrole nitrogens is 1. The average molecular weight is 299 g/mol. The van der Waals surface area contributed by atoms with Crippen LogP contribution in [0, 0.1) is 0 Å². The molecule has 22 heavy (non-hydrogen) atoms. The zero-order valence-electron chi connectivity index (χ0n) is 12.4. The maximum absolute atomic E-state index is 12.6. The van der Waals surface area contributed by atoms with E-state index in [2.05, 4.69) is 4.98 Å². The minimum atomic E-state index is -0.415. The number of fused-ring (bicyclic) bond motifs is 1. The van der Waals surface area contributed by atoms with Crippen LogP contribution < -0.4 is 11.2 Å². The number of furan rings is 1. The molecule has 3 rings (SSSR count). The molecule has 0 saturated carbocycles. The molecule has 0 spiro atoms. The Kier molecular flexibility index (Phi) is 3.68. The number of aromatic nitrogens is 2. The molecule has 6 heteroatoms. The summed E-state index contributed by atoms with van der Waals surface area (Å²) in [5, 5.41) is 0.499. The summed E-state index contributed by atoms with van der Waals surface area (Å²) in [4.78, 5) is 29.5. The van der Waals surface area contributed by atoms with E-state index in [1.54, 1.807) is 36.6 Å². The zero-order valence-corrected chi connectivity index (χ0v) is 12.4. The van der Waals surface area contributed by atoms with Crippen LogP contribution in [0.1, 0.15) is 11.8 Å². The molecule has 0 bridgehead atoms. The minimum Gasteiger partial charge on any atom is -0.468 e. The molecule has 2 heterocycles. The lowest BCUT2D eigenvalue weighted by Gasteiger charge is -2.22. The Balaban J connectivity index is 2.10. The molecule has 114 valence electrons. The van der Waals surface area contributed by atoms with E-state index >= 15 is 0 Å². The monoisotopic (exact) mass is 299 g/mol. The van der Waals surface area contributed by atoms with E-state index in [4.69, 9.17) is 4.42 Å². The Bertz CT molecular complexity index is 891. The fourth-order valence-electron chi connectivity index (χ4n) is 2.53. The molecule has 0 aliphatic rings. The van der Waals surface area contributed by atoms with Gasteiger partial charge in [-0.05, 0) is 38.4 Å². The third-order valence-electron chi connectivity index (χ3n) is 3.74. The Morgan fingerprint density at radius 1 is 1.18 bits per heavy atom. The van der Waals surface area contributed by atoms with E-state index in [9.17, 15) is 9.59 Å². The number of hydrogen-bond donors (Lipinski definition) is 1. The summed E-state index contributed by atoms with van der Waals surface area (Å²) >= 11 is 0. The first-order valence-corrected chi connectivity index (χ1v) is 6.99. The van der Waals surface area contributed by atoms with Gasteiger partial charge in [0, 0.05) is 0 Å². The van der Waals surface area contributed by atoms with E-state index in [1.807, 2.05) is 25.1 Å². The van der Waals surface area contributed by atoms with Crippen LogP contribution in [0.3, 0.4) is 0 Å². The average Bonchev–Trinajstić information content (AvgIpc) is 3.00. The highest BCUT2D eigenvalue weighted by molar-refractivity contribution is 5.76. The number of benzene rings is 1. The number of nitrogens with one attached hydrogen (secondary N) is 1. The van der Waals surface area contributed by atoms with Gasteiger partial charge in [-0.1, -0.05) is 12.1 Å². The fraction of sp³-hybridized carbons (Fsp3) is 0.250. The van der Waals surface area contributed by atoms with E-state index in [-0.39, 0.29) is 18.1 Å². The van der Waals surface area contributed by atoms with Crippen LogP contribution in [0.25, 0.3) is 10.9 Å². The fourth-order valence-corrected chi connectivity index (χ4v) is 2.53. The molecule has 3 aromatic rings. The molecular weight excluding hydrogens is 282 g/mol. The SMILES string of the molecule is CN(C)[C@H](Cn1c(=O)[nH]c2ccccc2c1=O)c1ccco1. The van der Waals surface area contributed by atoms with Crippen molar-refractivity contribution in [1.29, 1.82) is 0 Å². The van der Waals surface area contributed by atoms with Crippen LogP contribution in [0.2, 0.25) is 0 Å². The van der Waals surface area contributed by atoms with Gasteiger partial charge in [0.2, 0.25) is 0 Å². The number of para-hydroxylation sites is 1. The topological polar surface area (TPSA) is 71.2 Å². The van der Waals surface area contributed by atoms with Crippen LogP contribution in [-0.4, -0.2) is 28.5 Å². The van der Waals surface area contributed by atoms with E-state index < -0.39 is 5.69 Å². The quantitative estimate of drug-likeness (QED) is 0.794. The number of hydrogen-bond acceptors (Lipinski definition) is 4. The molecule has 6 nitrogen and oxygen atoms in total. The Morgan fingerprint density at radius 3 is 2.64 bits per heavy atom. The van der Waals surface area contributed by atoms with E-state index in [0.717, 1.165) is 0 Å². The highest BCUT2D eigenvalue weighted by atomic mass is 16.3. The molecule has 0 radical (unpaired) electrons. The second kappa shape index (κ2) is 5.65. The molecule has 1 aromatic carbocycles. The van der Waals surface area contributed by atoms with E-state index in [0.29, 0.717) is 16.7 Å². The highest BCUT2D eigenvalue weighted by Gasteiger charge is 2.20. The normalized spacial score (nSPS) is 12.9. The van der Waals surface area contributed by atoms with Crippen LogP contribution in [0.5, 0.6) is 0 Å². The number of likely N-dealkylation sites (N-methyl/N-ethyl adjacent to an activating group) is 1. The van der Waals surface area contributed by atoms with Gasteiger partial charge in [-0.2, -0.15) is 0 Å². The van der Waals surface area contributed by atoms with Crippen LogP contribution in [-0.2, 0) is 6.54 Å². The van der Waals surface area contributed by atoms with Gasteiger partial charge >= 0.3 is 5.69 Å². The van der Waals surface area contributed by atoms with Crippen molar-refractivity contribution in [2.45, 2.75) is 12.6 Å². The molecule has 0 amide bonds. The molecule has 0 aliphatic heterocycles. The maximum Gasteiger partial charge on any atom is 0.328 e. The first-order chi connectivity index (χ1) is 10.6. The van der Waals surface area contributed by atoms with Crippen molar-refractivity contribution in [3.05, 3.63) is 69.3 Å². The molecule has 2 aromatic heterocycles. The Hall–Kier alpha value is -2.60. The predicted octanol–water partition coefficient (Wildman–Crippen LogP) is 1.59. The summed E-state index contributed by atoms with van der Waals surface area (Å²) in [6.45, 7) is 0.222. The lowest BCUT2D eigenvalue weighted by Crippen LogP contribution is -2.39. The van der Waals surface area contributed by atoms with Crippen molar-refractivity contribution < 1.29 is 4.42 Å². The van der Waals surface area contributed by atoms with Gasteiger partial charge in [0.15, 0.2) is 0 Å². The third-order valence-corrected chi connectivity index (χ3v) is 3.74. The molecule has 0 saturated heterocycles. The van der Waals surface area contributed by atoms with Crippen molar-refractivity contribution in [2.24, 2.45) is 0 Å². The lowest BCUT2D eigenvalue weighted by atomic mass is 10.2. The molecule has 0 aliphatic carbocycles. The molecule has 0 fully saturated rings. The molecule has 1 N–H and O–H groups in total. The van der Waals surface area contributed by atoms with Crippen molar-refractivity contribution in [1.82, 2.24) is 14.5 Å². The maximum atomic E-state index is 12.6. The summed E-state index contributed by atoms with van der Waals surface area (Å²) in [7, 11) is 3.76. The van der Waals surface area contributed by atoms with Gasteiger partial charge in [0.1, 0.15) is 5.76 Å². The third kappa shape index (κ3) is 2.48. The summed E-state index contributed by atoms with van der Waals surface area (Å²) in [6, 6.07) is 10.4. The van der Waals surface area contributed by atoms with Crippen molar-refractivity contribution in [2.75, 3.05) is 14.1 Å². The van der Waals surface area contributed by atoms with E-state index in [1.165, 1.54) is 4.57 Å². The van der Waals surface area contributed by atoms with Crippen LogP contribution in [0.15, 0.2) is 56.7 Å². The van der Waals surface area contributed by atoms with Crippen LogP contribution in [0.4, 0.5) is 0 Å². The predicted molar refractivity (Wildman–Crippen MR) is 84.0 cm³/mol. The summed E-state index contributed by atoms with van der Waals surface area (Å²) < 4.78 is 6.64. The lowest BCUT2D eigenvalue weighted by molar-refractivity contribution is 0.228. The van der Waals surface area contributed by atoms with Gasteiger partial charge in [-0.3, -0.25) is 14.3 Å². The van der Waals surface area contributed by atoms with Gasteiger partial charge in [-0.25, -0.2) is 4.79 Å². The highest BCUT2D eigenvalue weighted by Crippen LogP contribution is 2.19. The van der Waals surface area contributed by atoms with Crippen molar-refractivity contribution in [3.63, 3.8) is 0 Å². The Morgan fingerprint density at radius 2 is 1.95 bits per heavy atom. The second-order valence-corrected chi connectivity index (χ2v) is 5.39. The standard InChI is InChI=1S/C16H17N3O3/c1-18(2)13(14-8-5-9-22-14)10-19-15(20)11-6-3-4-7-12(11)17-16(19)21/h3-9,13H,10H2,1-2H3,(H,17,21)/t13-/m1/s1. The van der Waals surface area contributed by atoms with Crippen LogP contribution >= 0.6 is 0 Å². The summed E-state index contributed by atoms with van der Waals surface area (Å²) in [5.74, 6) is 0.712. The molecular formula is C16H17N3O3. The van der Waals surface area contributed by atoms with Gasteiger partial charge in [-0.15, -0.1) is 0 Å². The minimum absolute atomic E-state index is 0.199. The number of aromatic amines is 1. The first kappa shape index (κ1) is 14.3. The molecule has 0 unspecified atom stereocenters.